The highest BCUT2D eigenvalue weighted by Crippen LogP contribution is 2.28. The third-order valence-corrected chi connectivity index (χ3v) is 3.70. The van der Waals surface area contributed by atoms with Crippen LogP contribution >= 0.6 is 11.6 Å². The zero-order valence-corrected chi connectivity index (χ0v) is 13.0. The number of nitrogens with one attached hydrogen (secondary N) is 1. The molecule has 102 valence electrons. The van der Waals surface area contributed by atoms with Gasteiger partial charge in [-0.3, -0.25) is 0 Å². The molecule has 0 radical (unpaired) electrons. The topological polar surface area (TPSA) is 12.0 Å². The maximum atomic E-state index is 6.11. The van der Waals surface area contributed by atoms with Crippen molar-refractivity contribution in [3.63, 3.8) is 0 Å². The zero-order valence-electron chi connectivity index (χ0n) is 12.3. The van der Waals surface area contributed by atoms with Gasteiger partial charge in [0, 0.05) is 17.1 Å². The highest BCUT2D eigenvalue weighted by molar-refractivity contribution is 6.30. The molecule has 0 amide bonds. The van der Waals surface area contributed by atoms with Gasteiger partial charge in [0.1, 0.15) is 0 Å². The number of benzene rings is 1. The summed E-state index contributed by atoms with van der Waals surface area (Å²) in [6, 6.07) is 8.27. The average Bonchev–Trinajstić information content (AvgIpc) is 2.27. The van der Waals surface area contributed by atoms with Crippen LogP contribution in [0.2, 0.25) is 5.02 Å². The van der Waals surface area contributed by atoms with Crippen LogP contribution in [-0.2, 0) is 0 Å². The van der Waals surface area contributed by atoms with Crippen molar-refractivity contribution in [2.24, 2.45) is 5.92 Å². The summed E-state index contributed by atoms with van der Waals surface area (Å²) in [5.41, 5.74) is 1.50. The van der Waals surface area contributed by atoms with Crippen molar-refractivity contribution < 1.29 is 0 Å². The molecular formula is C16H26ClN. The van der Waals surface area contributed by atoms with Gasteiger partial charge in [-0.1, -0.05) is 44.0 Å². The molecule has 1 nitrogen and oxygen atoms in total. The molecule has 0 saturated carbocycles. The van der Waals surface area contributed by atoms with E-state index in [2.05, 4.69) is 52.1 Å². The smallest absolute Gasteiger partial charge is 0.0408 e. The predicted octanol–water partition coefficient (Wildman–Crippen LogP) is 4.86. The van der Waals surface area contributed by atoms with E-state index in [1.54, 1.807) is 0 Å². The van der Waals surface area contributed by atoms with Gasteiger partial charge in [-0.05, 0) is 50.3 Å². The van der Waals surface area contributed by atoms with Gasteiger partial charge in [-0.25, -0.2) is 0 Å². The molecule has 0 saturated heterocycles. The highest BCUT2D eigenvalue weighted by atomic mass is 35.5. The molecular weight excluding hydrogens is 242 g/mol. The number of hydrogen-bond donors (Lipinski definition) is 1. The van der Waals surface area contributed by atoms with Crippen LogP contribution in [0, 0.1) is 5.92 Å². The number of hydrogen-bond acceptors (Lipinski definition) is 1. The first-order chi connectivity index (χ1) is 8.33. The fourth-order valence-electron chi connectivity index (χ4n) is 2.09. The Labute approximate surface area is 117 Å². The minimum absolute atomic E-state index is 0.157. The van der Waals surface area contributed by atoms with Crippen molar-refractivity contribution in [1.29, 1.82) is 0 Å². The molecule has 1 aromatic rings. The van der Waals surface area contributed by atoms with E-state index in [-0.39, 0.29) is 5.54 Å². The van der Waals surface area contributed by atoms with E-state index >= 15 is 0 Å². The van der Waals surface area contributed by atoms with Gasteiger partial charge in [0.25, 0.3) is 0 Å². The lowest BCUT2D eigenvalue weighted by atomic mass is 9.85. The normalized spacial score (nSPS) is 15.4. The van der Waals surface area contributed by atoms with E-state index in [4.69, 9.17) is 11.6 Å². The fourth-order valence-corrected chi connectivity index (χ4v) is 2.28. The summed E-state index contributed by atoms with van der Waals surface area (Å²) < 4.78 is 0. The second kappa shape index (κ2) is 6.58. The van der Waals surface area contributed by atoms with Gasteiger partial charge < -0.3 is 5.32 Å². The van der Waals surface area contributed by atoms with E-state index < -0.39 is 0 Å². The molecule has 2 atom stereocenters. The molecule has 0 aromatic heterocycles. The van der Waals surface area contributed by atoms with E-state index in [0.29, 0.717) is 11.8 Å². The summed E-state index contributed by atoms with van der Waals surface area (Å²) in [5.74, 6) is 1.17. The summed E-state index contributed by atoms with van der Waals surface area (Å²) in [4.78, 5) is 0. The molecule has 0 bridgehead atoms. The fraction of sp³-hybridized carbons (Fsp3) is 0.625. The Balaban J connectivity index is 2.85. The Bertz CT molecular complexity index is 368. The van der Waals surface area contributed by atoms with E-state index in [9.17, 15) is 0 Å². The highest BCUT2D eigenvalue weighted by Gasteiger charge is 2.20. The van der Waals surface area contributed by atoms with Crippen LogP contribution in [-0.4, -0.2) is 12.1 Å². The molecule has 1 N–H and O–H groups in total. The monoisotopic (exact) mass is 267 g/mol. The molecule has 0 spiro atoms. The van der Waals surface area contributed by atoms with E-state index in [0.717, 1.165) is 11.6 Å². The summed E-state index contributed by atoms with van der Waals surface area (Å²) in [7, 11) is 0. The third kappa shape index (κ3) is 4.99. The molecule has 0 heterocycles. The Morgan fingerprint density at radius 1 is 1.28 bits per heavy atom. The Hall–Kier alpha value is -0.530. The van der Waals surface area contributed by atoms with Gasteiger partial charge >= 0.3 is 0 Å². The van der Waals surface area contributed by atoms with Crippen LogP contribution in [0.25, 0.3) is 0 Å². The first-order valence-corrected chi connectivity index (χ1v) is 7.21. The van der Waals surface area contributed by atoms with Crippen LogP contribution in [0.3, 0.4) is 0 Å². The molecule has 18 heavy (non-hydrogen) atoms. The van der Waals surface area contributed by atoms with Gasteiger partial charge in [0.15, 0.2) is 0 Å². The van der Waals surface area contributed by atoms with Crippen molar-refractivity contribution in [3.8, 4) is 0 Å². The summed E-state index contributed by atoms with van der Waals surface area (Å²) >= 11 is 6.11. The molecule has 0 aliphatic carbocycles. The quantitative estimate of drug-likeness (QED) is 0.804. The maximum absolute atomic E-state index is 6.11. The Kier molecular flexibility index (Phi) is 5.68. The molecule has 2 heteroatoms. The lowest BCUT2D eigenvalue weighted by Crippen LogP contribution is -2.39. The van der Waals surface area contributed by atoms with Crippen LogP contribution in [0.15, 0.2) is 24.3 Å². The Morgan fingerprint density at radius 2 is 1.94 bits per heavy atom. The largest absolute Gasteiger partial charge is 0.311 e. The van der Waals surface area contributed by atoms with Crippen molar-refractivity contribution in [2.45, 2.75) is 52.5 Å². The van der Waals surface area contributed by atoms with E-state index in [1.165, 1.54) is 12.0 Å². The number of halogens is 1. The first kappa shape index (κ1) is 15.5. The predicted molar refractivity (Wildman–Crippen MR) is 81.4 cm³/mol. The van der Waals surface area contributed by atoms with Gasteiger partial charge in [-0.2, -0.15) is 0 Å². The summed E-state index contributed by atoms with van der Waals surface area (Å²) in [5, 5.41) is 4.44. The molecule has 0 aliphatic heterocycles. The van der Waals surface area contributed by atoms with E-state index in [1.807, 2.05) is 12.1 Å². The minimum atomic E-state index is 0.157. The second-order valence-electron chi connectivity index (χ2n) is 6.18. The third-order valence-electron chi connectivity index (χ3n) is 3.46. The van der Waals surface area contributed by atoms with Gasteiger partial charge in [0.05, 0.1) is 0 Å². The summed E-state index contributed by atoms with van der Waals surface area (Å²) in [6.45, 7) is 12.2. The zero-order chi connectivity index (χ0) is 13.8. The SMILES string of the molecule is CCC(C)C(CNC(C)(C)C)c1cccc(Cl)c1. The van der Waals surface area contributed by atoms with Crippen LogP contribution in [0.1, 0.15) is 52.5 Å². The summed E-state index contributed by atoms with van der Waals surface area (Å²) in [6.07, 6.45) is 1.18. The number of rotatable bonds is 5. The average molecular weight is 268 g/mol. The lowest BCUT2D eigenvalue weighted by molar-refractivity contribution is 0.356. The molecule has 2 unspecified atom stereocenters. The van der Waals surface area contributed by atoms with Crippen LogP contribution in [0.5, 0.6) is 0 Å². The molecule has 0 fully saturated rings. The van der Waals surface area contributed by atoms with Crippen LogP contribution in [0.4, 0.5) is 0 Å². The van der Waals surface area contributed by atoms with Crippen molar-refractivity contribution in [3.05, 3.63) is 34.9 Å². The lowest BCUT2D eigenvalue weighted by Gasteiger charge is -2.29. The van der Waals surface area contributed by atoms with Crippen LogP contribution < -0.4 is 5.32 Å². The van der Waals surface area contributed by atoms with Gasteiger partial charge in [0.2, 0.25) is 0 Å². The Morgan fingerprint density at radius 3 is 2.44 bits per heavy atom. The standard InChI is InChI=1S/C16H26ClN/c1-6-12(2)15(11-18-16(3,4)5)13-8-7-9-14(17)10-13/h7-10,12,15,18H,6,11H2,1-5H3. The van der Waals surface area contributed by atoms with Crippen molar-refractivity contribution >= 4 is 11.6 Å². The van der Waals surface area contributed by atoms with Crippen molar-refractivity contribution in [1.82, 2.24) is 5.32 Å². The van der Waals surface area contributed by atoms with Gasteiger partial charge in [-0.15, -0.1) is 0 Å². The van der Waals surface area contributed by atoms with Crippen molar-refractivity contribution in [2.75, 3.05) is 6.54 Å². The minimum Gasteiger partial charge on any atom is -0.311 e. The maximum Gasteiger partial charge on any atom is 0.0408 e. The molecule has 1 aromatic carbocycles. The first-order valence-electron chi connectivity index (χ1n) is 6.84. The molecule has 1 rings (SSSR count). The second-order valence-corrected chi connectivity index (χ2v) is 6.61. The molecule has 0 aliphatic rings.